The molecule has 0 amide bonds. The van der Waals surface area contributed by atoms with Crippen LogP contribution < -0.4 is 5.73 Å². The summed E-state index contributed by atoms with van der Waals surface area (Å²) in [6.07, 6.45) is 4.71. The van der Waals surface area contributed by atoms with Crippen LogP contribution in [0.15, 0.2) is 5.16 Å². The summed E-state index contributed by atoms with van der Waals surface area (Å²) >= 11 is 0. The molecule has 1 aliphatic heterocycles. The van der Waals surface area contributed by atoms with Gasteiger partial charge < -0.3 is 20.4 Å². The van der Waals surface area contributed by atoms with E-state index < -0.39 is 0 Å². The third-order valence-electron chi connectivity index (χ3n) is 3.99. The van der Waals surface area contributed by atoms with Gasteiger partial charge in [-0.25, -0.2) is 0 Å². The Kier molecular flexibility index (Phi) is 4.79. The molecule has 3 atom stereocenters. The number of nitrogens with two attached hydrogens (primary N) is 1. The van der Waals surface area contributed by atoms with Gasteiger partial charge in [0.15, 0.2) is 5.84 Å². The fraction of sp³-hybridized carbons (Fsp3) is 0.917. The number of hydrogen-bond donors (Lipinski definition) is 2. The number of oxime groups is 1. The predicted octanol–water partition coefficient (Wildman–Crippen LogP) is 0.391. The summed E-state index contributed by atoms with van der Waals surface area (Å²) in [5.41, 5.74) is 5.62. The van der Waals surface area contributed by atoms with Crippen LogP contribution in [-0.4, -0.2) is 61.0 Å². The molecule has 104 valence electrons. The first-order valence-electron chi connectivity index (χ1n) is 6.60. The minimum Gasteiger partial charge on any atom is -0.409 e. The Hall–Kier alpha value is -0.850. The van der Waals surface area contributed by atoms with Crippen molar-refractivity contribution in [2.75, 3.05) is 26.8 Å². The van der Waals surface area contributed by atoms with Gasteiger partial charge in [0.05, 0.1) is 12.7 Å². The first-order chi connectivity index (χ1) is 8.74. The molecule has 0 aromatic carbocycles. The van der Waals surface area contributed by atoms with Gasteiger partial charge in [0.2, 0.25) is 0 Å². The van der Waals surface area contributed by atoms with Crippen LogP contribution in [0.25, 0.3) is 0 Å². The standard InChI is InChI=1S/C12H23N3O3/c1-17-10-4-2-3-9(7-10)15-5-6-18-11(8-15)12(13)14-16/h9-11,16H,2-8H2,1H3,(H2,13,14). The van der Waals surface area contributed by atoms with Crippen LogP contribution in [0.1, 0.15) is 25.7 Å². The summed E-state index contributed by atoms with van der Waals surface area (Å²) in [5, 5.41) is 11.7. The number of rotatable bonds is 3. The lowest BCUT2D eigenvalue weighted by Crippen LogP contribution is -2.53. The van der Waals surface area contributed by atoms with Gasteiger partial charge in [-0.05, 0) is 25.7 Å². The minimum absolute atomic E-state index is 0.166. The maximum Gasteiger partial charge on any atom is 0.169 e. The van der Waals surface area contributed by atoms with E-state index in [1.165, 1.54) is 12.8 Å². The molecule has 0 aromatic rings. The zero-order valence-corrected chi connectivity index (χ0v) is 10.9. The second-order valence-corrected chi connectivity index (χ2v) is 5.06. The van der Waals surface area contributed by atoms with Crippen LogP contribution >= 0.6 is 0 Å². The highest BCUT2D eigenvalue weighted by Crippen LogP contribution is 2.26. The summed E-state index contributed by atoms with van der Waals surface area (Å²) < 4.78 is 11.0. The number of ether oxygens (including phenoxy) is 2. The predicted molar refractivity (Wildman–Crippen MR) is 67.8 cm³/mol. The SMILES string of the molecule is COC1CCCC(N2CCOC(/C(N)=N/O)C2)C1. The second kappa shape index (κ2) is 6.36. The smallest absolute Gasteiger partial charge is 0.169 e. The summed E-state index contributed by atoms with van der Waals surface area (Å²) in [6.45, 7) is 2.25. The van der Waals surface area contributed by atoms with Crippen molar-refractivity contribution >= 4 is 5.84 Å². The quantitative estimate of drug-likeness (QED) is 0.331. The van der Waals surface area contributed by atoms with E-state index in [0.29, 0.717) is 25.3 Å². The van der Waals surface area contributed by atoms with Gasteiger partial charge in [0.25, 0.3) is 0 Å². The monoisotopic (exact) mass is 257 g/mol. The lowest BCUT2D eigenvalue weighted by Gasteiger charge is -2.41. The van der Waals surface area contributed by atoms with Crippen molar-refractivity contribution in [1.82, 2.24) is 4.90 Å². The first kappa shape index (κ1) is 13.6. The highest BCUT2D eigenvalue weighted by Gasteiger charge is 2.31. The van der Waals surface area contributed by atoms with Crippen LogP contribution in [-0.2, 0) is 9.47 Å². The number of amidine groups is 1. The molecule has 2 rings (SSSR count). The van der Waals surface area contributed by atoms with Crippen molar-refractivity contribution < 1.29 is 14.7 Å². The van der Waals surface area contributed by atoms with Crippen molar-refractivity contribution in [2.24, 2.45) is 10.9 Å². The van der Waals surface area contributed by atoms with E-state index in [1.54, 1.807) is 7.11 Å². The molecule has 0 spiro atoms. The van der Waals surface area contributed by atoms with Crippen molar-refractivity contribution in [3.05, 3.63) is 0 Å². The minimum atomic E-state index is -0.285. The molecule has 1 heterocycles. The zero-order chi connectivity index (χ0) is 13.0. The first-order valence-corrected chi connectivity index (χ1v) is 6.60. The fourth-order valence-corrected chi connectivity index (χ4v) is 2.91. The van der Waals surface area contributed by atoms with Gasteiger partial charge in [-0.2, -0.15) is 0 Å². The third kappa shape index (κ3) is 3.13. The van der Waals surface area contributed by atoms with E-state index >= 15 is 0 Å². The molecule has 2 aliphatic rings. The summed E-state index contributed by atoms with van der Waals surface area (Å²) in [4.78, 5) is 2.39. The lowest BCUT2D eigenvalue weighted by atomic mass is 9.91. The molecular formula is C12H23N3O3. The van der Waals surface area contributed by atoms with Crippen molar-refractivity contribution in [1.29, 1.82) is 0 Å². The van der Waals surface area contributed by atoms with Gasteiger partial charge >= 0.3 is 0 Å². The Morgan fingerprint density at radius 1 is 1.50 bits per heavy atom. The number of morpholine rings is 1. The largest absolute Gasteiger partial charge is 0.409 e. The van der Waals surface area contributed by atoms with E-state index in [9.17, 15) is 0 Å². The highest BCUT2D eigenvalue weighted by molar-refractivity contribution is 5.84. The Balaban J connectivity index is 1.92. The number of nitrogens with zero attached hydrogens (tertiary/aromatic N) is 2. The average Bonchev–Trinajstić information content (AvgIpc) is 2.46. The van der Waals surface area contributed by atoms with Gasteiger partial charge in [-0.1, -0.05) is 5.16 Å². The highest BCUT2D eigenvalue weighted by atomic mass is 16.5. The molecule has 2 fully saturated rings. The topological polar surface area (TPSA) is 80.3 Å². The Morgan fingerprint density at radius 2 is 2.33 bits per heavy atom. The van der Waals surface area contributed by atoms with Crippen molar-refractivity contribution in [2.45, 2.75) is 43.9 Å². The molecule has 3 N–H and O–H groups in total. The molecule has 0 radical (unpaired) electrons. The van der Waals surface area contributed by atoms with Gasteiger partial charge in [0, 0.05) is 26.2 Å². The average molecular weight is 257 g/mol. The Labute approximate surface area is 108 Å². The van der Waals surface area contributed by atoms with Gasteiger partial charge in [-0.15, -0.1) is 0 Å². The molecule has 3 unspecified atom stereocenters. The maximum absolute atomic E-state index is 8.71. The normalized spacial score (nSPS) is 35.6. The Bertz CT molecular complexity index is 298. The molecule has 18 heavy (non-hydrogen) atoms. The van der Waals surface area contributed by atoms with Crippen LogP contribution in [0, 0.1) is 0 Å². The lowest BCUT2D eigenvalue weighted by molar-refractivity contribution is -0.0379. The molecule has 0 bridgehead atoms. The van der Waals surface area contributed by atoms with Crippen LogP contribution in [0.5, 0.6) is 0 Å². The fourth-order valence-electron chi connectivity index (χ4n) is 2.91. The van der Waals surface area contributed by atoms with Crippen LogP contribution in [0.2, 0.25) is 0 Å². The number of methoxy groups -OCH3 is 1. The van der Waals surface area contributed by atoms with E-state index in [4.69, 9.17) is 20.4 Å². The molecule has 1 saturated heterocycles. The zero-order valence-electron chi connectivity index (χ0n) is 10.9. The molecule has 6 nitrogen and oxygen atoms in total. The molecule has 1 saturated carbocycles. The summed E-state index contributed by atoms with van der Waals surface area (Å²) in [6, 6.07) is 0.529. The third-order valence-corrected chi connectivity index (χ3v) is 3.99. The second-order valence-electron chi connectivity index (χ2n) is 5.06. The molecular weight excluding hydrogens is 234 g/mol. The van der Waals surface area contributed by atoms with Crippen LogP contribution in [0.3, 0.4) is 0 Å². The summed E-state index contributed by atoms with van der Waals surface area (Å²) in [5.74, 6) is 0.166. The van der Waals surface area contributed by atoms with Crippen molar-refractivity contribution in [3.8, 4) is 0 Å². The van der Waals surface area contributed by atoms with Gasteiger partial charge in [0.1, 0.15) is 6.10 Å². The Morgan fingerprint density at radius 3 is 3.06 bits per heavy atom. The van der Waals surface area contributed by atoms with Gasteiger partial charge in [-0.3, -0.25) is 4.90 Å². The maximum atomic E-state index is 8.71. The molecule has 6 heteroatoms. The van der Waals surface area contributed by atoms with Crippen molar-refractivity contribution in [3.63, 3.8) is 0 Å². The molecule has 0 aromatic heterocycles. The van der Waals surface area contributed by atoms with E-state index in [-0.39, 0.29) is 11.9 Å². The van der Waals surface area contributed by atoms with E-state index in [1.807, 2.05) is 0 Å². The number of hydrogen-bond acceptors (Lipinski definition) is 5. The summed E-state index contributed by atoms with van der Waals surface area (Å²) in [7, 11) is 1.78. The van der Waals surface area contributed by atoms with Crippen LogP contribution in [0.4, 0.5) is 0 Å². The van der Waals surface area contributed by atoms with E-state index in [0.717, 1.165) is 19.4 Å². The van der Waals surface area contributed by atoms with E-state index in [2.05, 4.69) is 10.1 Å². The molecule has 1 aliphatic carbocycles.